The molecule has 2 aromatic carbocycles. The minimum atomic E-state index is -0.0495. The fourth-order valence-corrected chi connectivity index (χ4v) is 2.30. The molecule has 4 heteroatoms. The largest absolute Gasteiger partial charge is 0.456 e. The summed E-state index contributed by atoms with van der Waals surface area (Å²) < 4.78 is 5.89. The molecular weight excluding hydrogens is 286 g/mol. The van der Waals surface area contributed by atoms with Gasteiger partial charge in [-0.3, -0.25) is 4.79 Å². The molecule has 0 aliphatic rings. The van der Waals surface area contributed by atoms with E-state index in [9.17, 15) is 4.79 Å². The highest BCUT2D eigenvalue weighted by atomic mass is 35.5. The molecule has 106 valence electrons. The van der Waals surface area contributed by atoms with Crippen LogP contribution in [-0.2, 0) is 0 Å². The van der Waals surface area contributed by atoms with Crippen LogP contribution in [0.25, 0.3) is 22.3 Å². The Morgan fingerprint density at radius 3 is 2.38 bits per heavy atom. The minimum absolute atomic E-state index is 0.0495. The van der Waals surface area contributed by atoms with Gasteiger partial charge in [-0.05, 0) is 36.4 Å². The van der Waals surface area contributed by atoms with Gasteiger partial charge in [0, 0.05) is 42.5 Å². The fraction of sp³-hybridized carbons (Fsp3) is 0.118. The molecule has 0 fully saturated rings. The molecule has 0 radical (unpaired) electrons. The number of hydrogen-bond acceptors (Lipinski definition) is 3. The van der Waals surface area contributed by atoms with Crippen LogP contribution in [0.2, 0.25) is 5.02 Å². The van der Waals surface area contributed by atoms with Gasteiger partial charge in [-0.15, -0.1) is 0 Å². The molecule has 21 heavy (non-hydrogen) atoms. The van der Waals surface area contributed by atoms with Crippen LogP contribution < -0.4 is 10.3 Å². The van der Waals surface area contributed by atoms with Crippen molar-refractivity contribution >= 4 is 28.3 Å². The van der Waals surface area contributed by atoms with Gasteiger partial charge in [0.05, 0.1) is 5.39 Å². The Bertz CT molecular complexity index is 851. The van der Waals surface area contributed by atoms with Crippen molar-refractivity contribution < 1.29 is 4.42 Å². The van der Waals surface area contributed by atoms with Crippen LogP contribution in [0, 0.1) is 0 Å². The van der Waals surface area contributed by atoms with E-state index in [1.165, 1.54) is 6.07 Å². The maximum absolute atomic E-state index is 12.2. The van der Waals surface area contributed by atoms with Gasteiger partial charge < -0.3 is 9.32 Å². The van der Waals surface area contributed by atoms with Gasteiger partial charge in [0.25, 0.3) is 0 Å². The highest BCUT2D eigenvalue weighted by Gasteiger charge is 2.08. The Balaban J connectivity index is 2.21. The van der Waals surface area contributed by atoms with E-state index in [2.05, 4.69) is 0 Å². The topological polar surface area (TPSA) is 33.5 Å². The summed E-state index contributed by atoms with van der Waals surface area (Å²) >= 11 is 5.88. The lowest BCUT2D eigenvalue weighted by Gasteiger charge is -2.12. The third-order valence-electron chi connectivity index (χ3n) is 3.36. The molecule has 0 aliphatic carbocycles. The second-order valence-corrected chi connectivity index (χ2v) is 5.49. The van der Waals surface area contributed by atoms with E-state index >= 15 is 0 Å². The lowest BCUT2D eigenvalue weighted by molar-refractivity contribution is 0.619. The highest BCUT2D eigenvalue weighted by Crippen LogP contribution is 2.25. The molecule has 0 N–H and O–H groups in total. The van der Waals surface area contributed by atoms with Crippen molar-refractivity contribution in [3.05, 3.63) is 63.8 Å². The van der Waals surface area contributed by atoms with Crippen molar-refractivity contribution in [1.82, 2.24) is 0 Å². The molecule has 0 aliphatic heterocycles. The summed E-state index contributed by atoms with van der Waals surface area (Å²) in [4.78, 5) is 14.2. The van der Waals surface area contributed by atoms with Gasteiger partial charge >= 0.3 is 0 Å². The molecule has 0 spiro atoms. The van der Waals surface area contributed by atoms with Crippen molar-refractivity contribution in [2.45, 2.75) is 0 Å². The number of fused-ring (bicyclic) bond motifs is 1. The van der Waals surface area contributed by atoms with Gasteiger partial charge in [0.1, 0.15) is 11.3 Å². The maximum Gasteiger partial charge on any atom is 0.193 e. The first-order chi connectivity index (χ1) is 10.0. The van der Waals surface area contributed by atoms with E-state index in [0.717, 1.165) is 11.3 Å². The fourth-order valence-electron chi connectivity index (χ4n) is 2.18. The number of halogens is 1. The first-order valence-electron chi connectivity index (χ1n) is 6.56. The van der Waals surface area contributed by atoms with E-state index in [1.54, 1.807) is 18.2 Å². The Kier molecular flexibility index (Phi) is 3.43. The van der Waals surface area contributed by atoms with Crippen LogP contribution >= 0.6 is 11.6 Å². The molecular formula is C17H14ClNO2. The number of hydrogen-bond donors (Lipinski definition) is 0. The summed E-state index contributed by atoms with van der Waals surface area (Å²) in [5.41, 5.74) is 2.35. The van der Waals surface area contributed by atoms with Crippen LogP contribution in [0.5, 0.6) is 0 Å². The summed E-state index contributed by atoms with van der Waals surface area (Å²) in [6.07, 6.45) is 0. The summed E-state index contributed by atoms with van der Waals surface area (Å²) in [7, 11) is 3.89. The summed E-state index contributed by atoms with van der Waals surface area (Å²) in [6, 6.07) is 14.3. The van der Waals surface area contributed by atoms with Gasteiger partial charge in [-0.25, -0.2) is 0 Å². The zero-order valence-electron chi connectivity index (χ0n) is 11.8. The quantitative estimate of drug-likeness (QED) is 0.712. The molecule has 0 saturated carbocycles. The maximum atomic E-state index is 12.2. The van der Waals surface area contributed by atoms with Crippen molar-refractivity contribution in [2.24, 2.45) is 0 Å². The summed E-state index contributed by atoms with van der Waals surface area (Å²) in [5.74, 6) is 0.542. The Labute approximate surface area is 127 Å². The summed E-state index contributed by atoms with van der Waals surface area (Å²) in [5, 5.41) is 1.23. The van der Waals surface area contributed by atoms with Crippen LogP contribution in [0.1, 0.15) is 0 Å². The first kappa shape index (κ1) is 13.7. The summed E-state index contributed by atoms with van der Waals surface area (Å²) in [6.45, 7) is 0. The molecule has 3 rings (SSSR count). The predicted octanol–water partition coefficient (Wildman–Crippen LogP) is 4.18. The Morgan fingerprint density at radius 2 is 1.71 bits per heavy atom. The van der Waals surface area contributed by atoms with Crippen LogP contribution in [0.15, 0.2) is 57.7 Å². The number of anilines is 1. The lowest BCUT2D eigenvalue weighted by Crippen LogP contribution is -2.09. The normalized spacial score (nSPS) is 10.8. The molecule has 0 amide bonds. The van der Waals surface area contributed by atoms with Crippen LogP contribution in [-0.4, -0.2) is 14.1 Å². The smallest absolute Gasteiger partial charge is 0.193 e. The second kappa shape index (κ2) is 5.26. The van der Waals surface area contributed by atoms with Gasteiger partial charge in [0.15, 0.2) is 5.43 Å². The molecule has 3 aromatic rings. The average molecular weight is 300 g/mol. The standard InChI is InChI=1S/C17H14ClNO2/c1-19(2)13-7-8-14-15(20)10-16(21-17(14)9-13)11-3-5-12(18)6-4-11/h3-10H,1-2H3. The Hall–Kier alpha value is -2.26. The monoisotopic (exact) mass is 299 g/mol. The van der Waals surface area contributed by atoms with Crippen molar-refractivity contribution in [3.63, 3.8) is 0 Å². The minimum Gasteiger partial charge on any atom is -0.456 e. The zero-order valence-corrected chi connectivity index (χ0v) is 12.5. The first-order valence-corrected chi connectivity index (χ1v) is 6.93. The van der Waals surface area contributed by atoms with Gasteiger partial charge in [-0.2, -0.15) is 0 Å². The number of rotatable bonds is 2. The number of benzene rings is 2. The van der Waals surface area contributed by atoms with E-state index in [1.807, 2.05) is 43.3 Å². The molecule has 0 saturated heterocycles. The predicted molar refractivity (Wildman–Crippen MR) is 87.3 cm³/mol. The third-order valence-corrected chi connectivity index (χ3v) is 3.61. The van der Waals surface area contributed by atoms with E-state index in [4.69, 9.17) is 16.0 Å². The molecule has 1 heterocycles. The Morgan fingerprint density at radius 1 is 1.00 bits per heavy atom. The van der Waals surface area contributed by atoms with Gasteiger partial charge in [0.2, 0.25) is 0 Å². The second-order valence-electron chi connectivity index (χ2n) is 5.06. The number of nitrogens with zero attached hydrogens (tertiary/aromatic N) is 1. The third kappa shape index (κ3) is 2.65. The van der Waals surface area contributed by atoms with Crippen LogP contribution in [0.3, 0.4) is 0 Å². The van der Waals surface area contributed by atoms with E-state index in [-0.39, 0.29) is 5.43 Å². The van der Waals surface area contributed by atoms with Crippen LogP contribution in [0.4, 0.5) is 5.69 Å². The lowest BCUT2D eigenvalue weighted by atomic mass is 10.1. The van der Waals surface area contributed by atoms with E-state index in [0.29, 0.717) is 21.8 Å². The van der Waals surface area contributed by atoms with E-state index < -0.39 is 0 Å². The zero-order chi connectivity index (χ0) is 15.0. The highest BCUT2D eigenvalue weighted by molar-refractivity contribution is 6.30. The SMILES string of the molecule is CN(C)c1ccc2c(=O)cc(-c3ccc(Cl)cc3)oc2c1. The van der Waals surface area contributed by atoms with Crippen molar-refractivity contribution in [3.8, 4) is 11.3 Å². The van der Waals surface area contributed by atoms with Crippen molar-refractivity contribution in [1.29, 1.82) is 0 Å². The van der Waals surface area contributed by atoms with Gasteiger partial charge in [-0.1, -0.05) is 11.6 Å². The molecule has 0 atom stereocenters. The molecule has 3 nitrogen and oxygen atoms in total. The molecule has 0 unspecified atom stereocenters. The van der Waals surface area contributed by atoms with Crippen molar-refractivity contribution in [2.75, 3.05) is 19.0 Å². The molecule has 0 bridgehead atoms. The average Bonchev–Trinajstić information content (AvgIpc) is 2.47. The molecule has 1 aromatic heterocycles.